The van der Waals surface area contributed by atoms with Crippen LogP contribution in [-0.4, -0.2) is 30.0 Å². The number of ether oxygens (including phenoxy) is 1. The fourth-order valence-corrected chi connectivity index (χ4v) is 1.58. The normalized spacial score (nSPS) is 34.2. The van der Waals surface area contributed by atoms with Gasteiger partial charge in [0.1, 0.15) is 6.17 Å². The molecule has 1 N–H and O–H groups in total. The van der Waals surface area contributed by atoms with E-state index < -0.39 is 12.3 Å². The van der Waals surface area contributed by atoms with E-state index in [-0.39, 0.29) is 24.7 Å². The largest absolute Gasteiger partial charge is 0.466 e. The van der Waals surface area contributed by atoms with Crippen molar-refractivity contribution in [2.24, 2.45) is 5.92 Å². The van der Waals surface area contributed by atoms with Crippen LogP contribution in [0.4, 0.5) is 4.39 Å². The van der Waals surface area contributed by atoms with Crippen molar-refractivity contribution >= 4 is 5.97 Å². The Hall–Kier alpha value is -0.640. The van der Waals surface area contributed by atoms with Gasteiger partial charge in [-0.15, -0.1) is 0 Å². The third-order valence-electron chi connectivity index (χ3n) is 2.35. The summed E-state index contributed by atoms with van der Waals surface area (Å²) in [5, 5.41) is 9.18. The van der Waals surface area contributed by atoms with Crippen LogP contribution in [0, 0.1) is 5.92 Å². The molecule has 76 valence electrons. The molecule has 1 aliphatic carbocycles. The zero-order valence-electron chi connectivity index (χ0n) is 7.70. The van der Waals surface area contributed by atoms with E-state index in [2.05, 4.69) is 0 Å². The molecule has 0 spiro atoms. The number of esters is 1. The lowest BCUT2D eigenvalue weighted by atomic mass is 9.86. The molecule has 0 bridgehead atoms. The SMILES string of the molecule is CCOC(=O)[C@@H]1CC[C@@H](F)[C@H](O)C1. The van der Waals surface area contributed by atoms with Gasteiger partial charge >= 0.3 is 5.97 Å². The molecule has 0 unspecified atom stereocenters. The number of alkyl halides is 1. The van der Waals surface area contributed by atoms with Crippen molar-refractivity contribution in [1.82, 2.24) is 0 Å². The second-order valence-corrected chi connectivity index (χ2v) is 3.35. The van der Waals surface area contributed by atoms with Gasteiger partial charge in [-0.05, 0) is 26.2 Å². The van der Waals surface area contributed by atoms with E-state index in [1.807, 2.05) is 0 Å². The zero-order chi connectivity index (χ0) is 9.84. The van der Waals surface area contributed by atoms with Crippen molar-refractivity contribution in [3.63, 3.8) is 0 Å². The Balaban J connectivity index is 2.40. The Bertz CT molecular complexity index is 184. The number of hydrogen-bond acceptors (Lipinski definition) is 3. The summed E-state index contributed by atoms with van der Waals surface area (Å²) in [4.78, 5) is 11.2. The minimum atomic E-state index is -1.18. The molecular weight excluding hydrogens is 175 g/mol. The summed E-state index contributed by atoms with van der Waals surface area (Å²) in [7, 11) is 0. The molecule has 1 fully saturated rings. The van der Waals surface area contributed by atoms with E-state index in [0.29, 0.717) is 13.0 Å². The van der Waals surface area contributed by atoms with Crippen molar-refractivity contribution in [2.45, 2.75) is 38.5 Å². The summed E-state index contributed by atoms with van der Waals surface area (Å²) in [6.45, 7) is 2.07. The monoisotopic (exact) mass is 190 g/mol. The minimum absolute atomic E-state index is 0.194. The van der Waals surface area contributed by atoms with E-state index in [0.717, 1.165) is 0 Å². The Morgan fingerprint density at radius 3 is 2.85 bits per heavy atom. The van der Waals surface area contributed by atoms with Crippen molar-refractivity contribution in [1.29, 1.82) is 0 Å². The molecule has 0 radical (unpaired) electrons. The van der Waals surface area contributed by atoms with Crippen molar-refractivity contribution < 1.29 is 19.0 Å². The lowest BCUT2D eigenvalue weighted by molar-refractivity contribution is -0.151. The van der Waals surface area contributed by atoms with Crippen LogP contribution in [0.25, 0.3) is 0 Å². The molecular formula is C9H15FO3. The first-order valence-corrected chi connectivity index (χ1v) is 4.64. The first kappa shape index (κ1) is 10.4. The van der Waals surface area contributed by atoms with Crippen molar-refractivity contribution in [2.75, 3.05) is 6.61 Å². The van der Waals surface area contributed by atoms with Gasteiger partial charge in [-0.2, -0.15) is 0 Å². The van der Waals surface area contributed by atoms with Gasteiger partial charge in [0.2, 0.25) is 0 Å². The first-order valence-electron chi connectivity index (χ1n) is 4.64. The van der Waals surface area contributed by atoms with Gasteiger partial charge in [-0.3, -0.25) is 4.79 Å². The maximum Gasteiger partial charge on any atom is 0.309 e. The number of carbonyl (C=O) groups is 1. The maximum absolute atomic E-state index is 12.8. The van der Waals surface area contributed by atoms with Crippen molar-refractivity contribution in [3.8, 4) is 0 Å². The molecule has 1 aliphatic rings. The molecule has 3 nitrogen and oxygen atoms in total. The molecule has 4 heteroatoms. The third kappa shape index (κ3) is 2.66. The Morgan fingerprint density at radius 2 is 2.31 bits per heavy atom. The smallest absolute Gasteiger partial charge is 0.309 e. The molecule has 0 aliphatic heterocycles. The van der Waals surface area contributed by atoms with Gasteiger partial charge in [0.15, 0.2) is 0 Å². The molecule has 13 heavy (non-hydrogen) atoms. The van der Waals surface area contributed by atoms with E-state index in [9.17, 15) is 14.3 Å². The average Bonchev–Trinajstić information content (AvgIpc) is 2.10. The molecule has 1 saturated carbocycles. The Labute approximate surface area is 76.9 Å². The first-order chi connectivity index (χ1) is 6.15. The highest BCUT2D eigenvalue weighted by Crippen LogP contribution is 2.27. The zero-order valence-corrected chi connectivity index (χ0v) is 7.70. The second kappa shape index (κ2) is 4.56. The topological polar surface area (TPSA) is 46.5 Å². The highest BCUT2D eigenvalue weighted by molar-refractivity contribution is 5.72. The van der Waals surface area contributed by atoms with Crippen LogP contribution < -0.4 is 0 Å². The number of carbonyl (C=O) groups excluding carboxylic acids is 1. The number of halogens is 1. The van der Waals surface area contributed by atoms with Crippen LogP contribution in [0.3, 0.4) is 0 Å². The third-order valence-corrected chi connectivity index (χ3v) is 2.35. The molecule has 0 amide bonds. The summed E-state index contributed by atoms with van der Waals surface area (Å²) in [5.41, 5.74) is 0. The van der Waals surface area contributed by atoms with Gasteiger partial charge in [0, 0.05) is 0 Å². The van der Waals surface area contributed by atoms with Crippen LogP contribution in [0.1, 0.15) is 26.2 Å². The standard InChI is InChI=1S/C9H15FO3/c1-2-13-9(12)6-3-4-7(10)8(11)5-6/h6-8,11H,2-5H2,1H3/t6-,7-,8-/m1/s1. The molecule has 0 aromatic carbocycles. The van der Waals surface area contributed by atoms with Gasteiger partial charge in [0.05, 0.1) is 18.6 Å². The number of aliphatic hydroxyl groups excluding tert-OH is 1. The lowest BCUT2D eigenvalue weighted by Crippen LogP contribution is -2.34. The molecule has 0 aromatic heterocycles. The predicted octanol–water partition coefficient (Wildman–Crippen LogP) is 1.05. The van der Waals surface area contributed by atoms with E-state index in [1.54, 1.807) is 6.92 Å². The quantitative estimate of drug-likeness (QED) is 0.662. The molecule has 1 rings (SSSR count). The van der Waals surface area contributed by atoms with E-state index in [1.165, 1.54) is 0 Å². The number of rotatable bonds is 2. The summed E-state index contributed by atoms with van der Waals surface area (Å²) in [6.07, 6.45) is -1.24. The number of aliphatic hydroxyl groups is 1. The second-order valence-electron chi connectivity index (χ2n) is 3.35. The fraction of sp³-hybridized carbons (Fsp3) is 0.889. The van der Waals surface area contributed by atoms with Crippen LogP contribution in [-0.2, 0) is 9.53 Å². The maximum atomic E-state index is 12.8. The van der Waals surface area contributed by atoms with Crippen LogP contribution in [0.2, 0.25) is 0 Å². The van der Waals surface area contributed by atoms with Gasteiger partial charge in [-0.1, -0.05) is 0 Å². The predicted molar refractivity (Wildman–Crippen MR) is 44.9 cm³/mol. The molecule has 0 saturated heterocycles. The van der Waals surface area contributed by atoms with Crippen molar-refractivity contribution in [3.05, 3.63) is 0 Å². The van der Waals surface area contributed by atoms with Crippen LogP contribution in [0.15, 0.2) is 0 Å². The Kier molecular flexibility index (Phi) is 3.66. The van der Waals surface area contributed by atoms with Gasteiger partial charge in [-0.25, -0.2) is 4.39 Å². The van der Waals surface area contributed by atoms with E-state index in [4.69, 9.17) is 4.74 Å². The minimum Gasteiger partial charge on any atom is -0.466 e. The highest BCUT2D eigenvalue weighted by Gasteiger charge is 2.33. The molecule has 3 atom stereocenters. The number of hydrogen-bond donors (Lipinski definition) is 1. The summed E-state index contributed by atoms with van der Waals surface area (Å²) < 4.78 is 17.6. The van der Waals surface area contributed by atoms with Crippen LogP contribution in [0.5, 0.6) is 0 Å². The van der Waals surface area contributed by atoms with Gasteiger partial charge < -0.3 is 9.84 Å². The molecule has 0 aromatic rings. The molecule has 0 heterocycles. The fourth-order valence-electron chi connectivity index (χ4n) is 1.58. The summed E-state index contributed by atoms with van der Waals surface area (Å²) in [6, 6.07) is 0. The van der Waals surface area contributed by atoms with Crippen LogP contribution >= 0.6 is 0 Å². The summed E-state index contributed by atoms with van der Waals surface area (Å²) >= 11 is 0. The lowest BCUT2D eigenvalue weighted by Gasteiger charge is -2.26. The van der Waals surface area contributed by atoms with Gasteiger partial charge in [0.25, 0.3) is 0 Å². The van der Waals surface area contributed by atoms with E-state index >= 15 is 0 Å². The average molecular weight is 190 g/mol. The highest BCUT2D eigenvalue weighted by atomic mass is 19.1. The Morgan fingerprint density at radius 1 is 1.62 bits per heavy atom. The summed E-state index contributed by atoms with van der Waals surface area (Å²) in [5.74, 6) is -0.629.